The molecule has 0 aromatic rings. The number of nitrogens with zero attached hydrogens (tertiary/aromatic N) is 3. The third-order valence-electron chi connectivity index (χ3n) is 5.43. The number of rotatable bonds is 5. The molecule has 2 amide bonds. The maximum atomic E-state index is 12.6. The smallest absolute Gasteiger partial charge is 0.239 e. The standard InChI is InChI=1S/C17H30N4O3/c1-13(16(22)18-15-3-4-15)19-5-7-20(8-6-19)14(2)17(23)21-9-11-24-12-10-21/h13-15H,3-12H2,1-2H3,(H,18,22). The zero-order chi connectivity index (χ0) is 17.1. The molecule has 2 atom stereocenters. The Kier molecular flexibility index (Phi) is 5.73. The van der Waals surface area contributed by atoms with Gasteiger partial charge in [0.2, 0.25) is 11.8 Å². The number of hydrogen-bond donors (Lipinski definition) is 1. The maximum absolute atomic E-state index is 12.6. The van der Waals surface area contributed by atoms with Crippen LogP contribution in [0.15, 0.2) is 0 Å². The fourth-order valence-corrected chi connectivity index (χ4v) is 3.43. The molecule has 7 nitrogen and oxygen atoms in total. The highest BCUT2D eigenvalue weighted by molar-refractivity contribution is 5.82. The molecule has 3 fully saturated rings. The Balaban J connectivity index is 1.45. The lowest BCUT2D eigenvalue weighted by Crippen LogP contribution is -2.58. The van der Waals surface area contributed by atoms with Crippen LogP contribution in [0.2, 0.25) is 0 Å². The van der Waals surface area contributed by atoms with E-state index >= 15 is 0 Å². The summed E-state index contributed by atoms with van der Waals surface area (Å²) in [5.41, 5.74) is 0. The van der Waals surface area contributed by atoms with Crippen molar-refractivity contribution in [2.75, 3.05) is 52.5 Å². The summed E-state index contributed by atoms with van der Waals surface area (Å²) >= 11 is 0. The van der Waals surface area contributed by atoms with Gasteiger partial charge in [0.1, 0.15) is 0 Å². The van der Waals surface area contributed by atoms with Crippen molar-refractivity contribution < 1.29 is 14.3 Å². The zero-order valence-electron chi connectivity index (χ0n) is 14.9. The molecule has 0 bridgehead atoms. The topological polar surface area (TPSA) is 65.1 Å². The number of amides is 2. The van der Waals surface area contributed by atoms with Gasteiger partial charge in [-0.2, -0.15) is 0 Å². The molecule has 24 heavy (non-hydrogen) atoms. The van der Waals surface area contributed by atoms with Crippen LogP contribution in [0.5, 0.6) is 0 Å². The molecule has 2 heterocycles. The normalized spacial score (nSPS) is 26.0. The van der Waals surface area contributed by atoms with Crippen molar-refractivity contribution in [1.29, 1.82) is 0 Å². The van der Waals surface area contributed by atoms with Gasteiger partial charge in [0.15, 0.2) is 0 Å². The van der Waals surface area contributed by atoms with E-state index in [0.717, 1.165) is 39.0 Å². The first-order valence-corrected chi connectivity index (χ1v) is 9.21. The lowest BCUT2D eigenvalue weighted by Gasteiger charge is -2.41. The SMILES string of the molecule is CC(C(=O)NC1CC1)N1CCN(C(C)C(=O)N2CCOCC2)CC1. The second-order valence-corrected chi connectivity index (χ2v) is 7.14. The van der Waals surface area contributed by atoms with Crippen LogP contribution < -0.4 is 5.32 Å². The van der Waals surface area contributed by atoms with Crippen LogP contribution in [-0.2, 0) is 14.3 Å². The first kappa shape index (κ1) is 17.6. The van der Waals surface area contributed by atoms with Crippen molar-refractivity contribution in [2.45, 2.75) is 44.8 Å². The number of carbonyl (C=O) groups excluding carboxylic acids is 2. The van der Waals surface area contributed by atoms with Crippen LogP contribution in [0.3, 0.4) is 0 Å². The number of carbonyl (C=O) groups is 2. The number of hydrogen-bond acceptors (Lipinski definition) is 5. The molecular weight excluding hydrogens is 308 g/mol. The van der Waals surface area contributed by atoms with Gasteiger partial charge < -0.3 is 15.0 Å². The van der Waals surface area contributed by atoms with Gasteiger partial charge in [-0.3, -0.25) is 19.4 Å². The van der Waals surface area contributed by atoms with Gasteiger partial charge >= 0.3 is 0 Å². The molecule has 0 spiro atoms. The first-order valence-electron chi connectivity index (χ1n) is 9.21. The Morgan fingerprint density at radius 1 is 0.917 bits per heavy atom. The maximum Gasteiger partial charge on any atom is 0.239 e. The highest BCUT2D eigenvalue weighted by Crippen LogP contribution is 2.19. The van der Waals surface area contributed by atoms with E-state index in [1.165, 1.54) is 0 Å². The molecule has 3 rings (SSSR count). The Hall–Kier alpha value is -1.18. The van der Waals surface area contributed by atoms with E-state index in [1.54, 1.807) is 0 Å². The summed E-state index contributed by atoms with van der Waals surface area (Å²) in [6, 6.07) is 0.228. The monoisotopic (exact) mass is 338 g/mol. The molecule has 136 valence electrons. The Labute approximate surface area is 144 Å². The van der Waals surface area contributed by atoms with Gasteiger partial charge in [-0.05, 0) is 26.7 Å². The molecule has 3 aliphatic rings. The van der Waals surface area contributed by atoms with Crippen molar-refractivity contribution in [3.05, 3.63) is 0 Å². The van der Waals surface area contributed by atoms with Gasteiger partial charge in [0.05, 0.1) is 25.3 Å². The molecule has 1 saturated carbocycles. The molecule has 7 heteroatoms. The van der Waals surface area contributed by atoms with Crippen LogP contribution >= 0.6 is 0 Å². The van der Waals surface area contributed by atoms with Crippen molar-refractivity contribution >= 4 is 11.8 Å². The van der Waals surface area contributed by atoms with Gasteiger partial charge in [0, 0.05) is 45.3 Å². The largest absolute Gasteiger partial charge is 0.378 e. The predicted molar refractivity (Wildman–Crippen MR) is 90.6 cm³/mol. The minimum atomic E-state index is -0.0964. The average molecular weight is 338 g/mol. The van der Waals surface area contributed by atoms with Gasteiger partial charge in [-0.15, -0.1) is 0 Å². The molecule has 2 unspecified atom stereocenters. The third-order valence-corrected chi connectivity index (χ3v) is 5.43. The van der Waals surface area contributed by atoms with E-state index in [9.17, 15) is 9.59 Å². The first-order chi connectivity index (χ1) is 11.6. The predicted octanol–water partition coefficient (Wildman–Crippen LogP) is -0.482. The molecule has 2 saturated heterocycles. The molecule has 0 aromatic heterocycles. The zero-order valence-corrected chi connectivity index (χ0v) is 14.9. The number of nitrogens with one attached hydrogen (secondary N) is 1. The quantitative estimate of drug-likeness (QED) is 0.733. The lowest BCUT2D eigenvalue weighted by atomic mass is 10.1. The van der Waals surface area contributed by atoms with Crippen LogP contribution in [0.4, 0.5) is 0 Å². The summed E-state index contributed by atoms with van der Waals surface area (Å²) in [4.78, 5) is 31.2. The summed E-state index contributed by atoms with van der Waals surface area (Å²) in [5.74, 6) is 0.342. The molecule has 2 aliphatic heterocycles. The average Bonchev–Trinajstić information content (AvgIpc) is 3.44. The van der Waals surface area contributed by atoms with E-state index in [4.69, 9.17) is 4.74 Å². The fraction of sp³-hybridized carbons (Fsp3) is 0.882. The summed E-state index contributed by atoms with van der Waals surface area (Å²) in [5, 5.41) is 3.08. The van der Waals surface area contributed by atoms with E-state index in [-0.39, 0.29) is 23.9 Å². The fourth-order valence-electron chi connectivity index (χ4n) is 3.43. The summed E-state index contributed by atoms with van der Waals surface area (Å²) in [6.07, 6.45) is 2.24. The van der Waals surface area contributed by atoms with Crippen LogP contribution in [0, 0.1) is 0 Å². The minimum absolute atomic E-state index is 0.0852. The highest BCUT2D eigenvalue weighted by Gasteiger charge is 2.33. The van der Waals surface area contributed by atoms with E-state index in [1.807, 2.05) is 18.7 Å². The van der Waals surface area contributed by atoms with E-state index in [2.05, 4.69) is 15.1 Å². The van der Waals surface area contributed by atoms with Crippen molar-refractivity contribution in [3.8, 4) is 0 Å². The summed E-state index contributed by atoms with van der Waals surface area (Å²) in [6.45, 7) is 9.98. The Bertz CT molecular complexity index is 455. The summed E-state index contributed by atoms with van der Waals surface area (Å²) < 4.78 is 5.32. The molecular formula is C17H30N4O3. The van der Waals surface area contributed by atoms with Crippen molar-refractivity contribution in [2.24, 2.45) is 0 Å². The van der Waals surface area contributed by atoms with Crippen LogP contribution in [0.1, 0.15) is 26.7 Å². The van der Waals surface area contributed by atoms with E-state index < -0.39 is 0 Å². The number of morpholine rings is 1. The van der Waals surface area contributed by atoms with Gasteiger partial charge in [-0.1, -0.05) is 0 Å². The highest BCUT2D eigenvalue weighted by atomic mass is 16.5. The Morgan fingerprint density at radius 2 is 1.46 bits per heavy atom. The molecule has 0 aromatic carbocycles. The molecule has 1 aliphatic carbocycles. The van der Waals surface area contributed by atoms with Crippen LogP contribution in [0.25, 0.3) is 0 Å². The second-order valence-electron chi connectivity index (χ2n) is 7.14. The molecule has 0 radical (unpaired) electrons. The van der Waals surface area contributed by atoms with Gasteiger partial charge in [-0.25, -0.2) is 0 Å². The second kappa shape index (κ2) is 7.80. The lowest BCUT2D eigenvalue weighted by molar-refractivity contribution is -0.141. The van der Waals surface area contributed by atoms with Crippen LogP contribution in [-0.4, -0.2) is 97.1 Å². The number of piperazine rings is 1. The van der Waals surface area contributed by atoms with Crippen molar-refractivity contribution in [3.63, 3.8) is 0 Å². The van der Waals surface area contributed by atoms with Gasteiger partial charge in [0.25, 0.3) is 0 Å². The molecule has 1 N–H and O–H groups in total. The summed E-state index contributed by atoms with van der Waals surface area (Å²) in [7, 11) is 0. The third kappa shape index (κ3) is 4.26. The number of ether oxygens (including phenoxy) is 1. The Morgan fingerprint density at radius 3 is 2.00 bits per heavy atom. The minimum Gasteiger partial charge on any atom is -0.378 e. The van der Waals surface area contributed by atoms with E-state index in [0.29, 0.717) is 32.3 Å². The van der Waals surface area contributed by atoms with Crippen molar-refractivity contribution in [1.82, 2.24) is 20.0 Å².